The molecule has 0 aromatic carbocycles. The summed E-state index contributed by atoms with van der Waals surface area (Å²) < 4.78 is 7.06. The number of allylic oxidation sites excluding steroid dienone is 4. The van der Waals surface area contributed by atoms with Gasteiger partial charge in [0.1, 0.15) is 0 Å². The first-order chi connectivity index (χ1) is 7.47. The van der Waals surface area contributed by atoms with Crippen LogP contribution in [0.5, 0.6) is 0 Å². The van der Waals surface area contributed by atoms with E-state index in [2.05, 4.69) is 25.9 Å². The van der Waals surface area contributed by atoms with E-state index in [0.29, 0.717) is 0 Å². The predicted molar refractivity (Wildman–Crippen MR) is 66.9 cm³/mol. The molecule has 0 aliphatic rings. The molecule has 0 aliphatic carbocycles. The zero-order chi connectivity index (χ0) is 12.3. The molecule has 3 nitrogen and oxygen atoms in total. The summed E-state index contributed by atoms with van der Waals surface area (Å²) in [6, 6.07) is 0. The molecule has 0 aliphatic heterocycles. The molecular weight excluding hydrogens is 200 g/mol. The quantitative estimate of drug-likeness (QED) is 0.578. The van der Waals surface area contributed by atoms with E-state index in [1.54, 1.807) is 7.11 Å². The molecule has 0 saturated carbocycles. The number of aryl methyl sites for hydroxylation is 1. The molecule has 0 N–H and O–H groups in total. The monoisotopic (exact) mass is 220 g/mol. The van der Waals surface area contributed by atoms with E-state index in [0.717, 1.165) is 11.3 Å². The normalized spacial score (nSPS) is 14.4. The van der Waals surface area contributed by atoms with Crippen molar-refractivity contribution in [1.82, 2.24) is 9.78 Å². The fourth-order valence-electron chi connectivity index (χ4n) is 1.53. The molecular formula is C13H20N2O. The lowest BCUT2D eigenvalue weighted by molar-refractivity contribution is 0.289. The van der Waals surface area contributed by atoms with Crippen molar-refractivity contribution in [2.75, 3.05) is 7.11 Å². The second-order valence-electron chi connectivity index (χ2n) is 4.04. The first-order valence-corrected chi connectivity index (χ1v) is 5.35. The number of aromatic nitrogens is 2. The van der Waals surface area contributed by atoms with Gasteiger partial charge in [0.15, 0.2) is 0 Å². The van der Waals surface area contributed by atoms with E-state index in [4.69, 9.17) is 4.74 Å². The molecule has 0 radical (unpaired) electrons. The predicted octanol–water partition coefficient (Wildman–Crippen LogP) is 3.15. The zero-order valence-electron chi connectivity index (χ0n) is 11.0. The van der Waals surface area contributed by atoms with Gasteiger partial charge in [-0.3, -0.25) is 4.68 Å². The van der Waals surface area contributed by atoms with E-state index >= 15 is 0 Å². The summed E-state index contributed by atoms with van der Waals surface area (Å²) in [7, 11) is 3.63. The molecule has 3 heteroatoms. The first kappa shape index (κ1) is 12.6. The number of ether oxygens (including phenoxy) is 1. The second kappa shape index (κ2) is 5.01. The van der Waals surface area contributed by atoms with Crippen LogP contribution in [0, 0.1) is 0 Å². The van der Waals surface area contributed by atoms with Crippen LogP contribution < -0.4 is 0 Å². The summed E-state index contributed by atoms with van der Waals surface area (Å²) in [6.07, 6.45) is 3.91. The lowest BCUT2D eigenvalue weighted by Gasteiger charge is -2.10. The van der Waals surface area contributed by atoms with Crippen LogP contribution in [0.1, 0.15) is 33.3 Å². The first-order valence-electron chi connectivity index (χ1n) is 5.35. The zero-order valence-corrected chi connectivity index (χ0v) is 11.0. The van der Waals surface area contributed by atoms with Gasteiger partial charge in [0.05, 0.1) is 19.1 Å². The van der Waals surface area contributed by atoms with Gasteiger partial charge in [-0.1, -0.05) is 0 Å². The molecule has 0 spiro atoms. The lowest BCUT2D eigenvalue weighted by Crippen LogP contribution is -1.92. The van der Waals surface area contributed by atoms with Crippen LogP contribution in [0.4, 0.5) is 0 Å². The molecule has 0 fully saturated rings. The van der Waals surface area contributed by atoms with Gasteiger partial charge in [0.2, 0.25) is 0 Å². The van der Waals surface area contributed by atoms with Crippen LogP contribution in [-0.4, -0.2) is 16.9 Å². The van der Waals surface area contributed by atoms with Crippen LogP contribution >= 0.6 is 0 Å². The molecule has 0 bridgehead atoms. The Labute approximate surface area is 97.4 Å². The average Bonchev–Trinajstić information content (AvgIpc) is 2.71. The highest BCUT2D eigenvalue weighted by atomic mass is 16.5. The van der Waals surface area contributed by atoms with Gasteiger partial charge < -0.3 is 4.74 Å². The van der Waals surface area contributed by atoms with Crippen LogP contribution in [0.15, 0.2) is 29.3 Å². The Morgan fingerprint density at radius 1 is 1.19 bits per heavy atom. The fraction of sp³-hybridized carbons (Fsp3) is 0.462. The van der Waals surface area contributed by atoms with Crippen molar-refractivity contribution >= 4 is 5.57 Å². The summed E-state index contributed by atoms with van der Waals surface area (Å²) in [4.78, 5) is 0. The minimum absolute atomic E-state index is 0.959. The summed E-state index contributed by atoms with van der Waals surface area (Å²) in [5.41, 5.74) is 4.82. The summed E-state index contributed by atoms with van der Waals surface area (Å²) in [5.74, 6) is 0.959. The van der Waals surface area contributed by atoms with Crippen LogP contribution in [0.3, 0.4) is 0 Å². The highest BCUT2D eigenvalue weighted by Crippen LogP contribution is 2.24. The number of nitrogens with zero attached hydrogens (tertiary/aromatic N) is 2. The maximum atomic E-state index is 5.25. The molecule has 0 saturated heterocycles. The second-order valence-corrected chi connectivity index (χ2v) is 4.04. The molecule has 1 heterocycles. The van der Waals surface area contributed by atoms with E-state index in [-0.39, 0.29) is 0 Å². The topological polar surface area (TPSA) is 27.1 Å². The highest BCUT2D eigenvalue weighted by molar-refractivity contribution is 5.69. The standard InChI is InChI=1S/C13H20N2O/c1-9(10(2)12(4)16-6)11(3)13-7-14-15(5)8-13/h7-8H,1-6H3/b11-9+,12-10+. The number of hydrogen-bond acceptors (Lipinski definition) is 2. The Kier molecular flexibility index (Phi) is 3.93. The molecule has 0 amide bonds. The van der Waals surface area contributed by atoms with Crippen molar-refractivity contribution in [2.24, 2.45) is 7.05 Å². The lowest BCUT2D eigenvalue weighted by atomic mass is 9.99. The van der Waals surface area contributed by atoms with Crippen molar-refractivity contribution in [3.05, 3.63) is 34.9 Å². The molecule has 1 aromatic heterocycles. The Bertz CT molecular complexity index is 439. The van der Waals surface area contributed by atoms with Gasteiger partial charge >= 0.3 is 0 Å². The Morgan fingerprint density at radius 2 is 1.81 bits per heavy atom. The SMILES string of the molecule is CO/C(C)=C(C)/C(C)=C(\C)c1cnn(C)c1. The van der Waals surface area contributed by atoms with E-state index < -0.39 is 0 Å². The maximum Gasteiger partial charge on any atom is 0.0956 e. The Morgan fingerprint density at radius 3 is 2.25 bits per heavy atom. The number of rotatable bonds is 3. The summed E-state index contributed by atoms with van der Waals surface area (Å²) in [6.45, 7) is 8.28. The molecule has 0 atom stereocenters. The minimum atomic E-state index is 0.959. The summed E-state index contributed by atoms with van der Waals surface area (Å²) in [5, 5.41) is 4.18. The number of hydrogen-bond donors (Lipinski definition) is 0. The molecule has 0 unspecified atom stereocenters. The van der Waals surface area contributed by atoms with E-state index in [1.165, 1.54) is 16.7 Å². The Hall–Kier alpha value is -1.51. The third-order valence-electron chi connectivity index (χ3n) is 3.10. The van der Waals surface area contributed by atoms with Crippen LogP contribution in [0.25, 0.3) is 5.57 Å². The van der Waals surface area contributed by atoms with E-state index in [9.17, 15) is 0 Å². The maximum absolute atomic E-state index is 5.25. The molecule has 88 valence electrons. The van der Waals surface area contributed by atoms with Crippen LogP contribution in [0.2, 0.25) is 0 Å². The minimum Gasteiger partial charge on any atom is -0.501 e. The van der Waals surface area contributed by atoms with Gasteiger partial charge in [-0.05, 0) is 44.4 Å². The molecule has 1 aromatic rings. The van der Waals surface area contributed by atoms with Gasteiger partial charge in [-0.2, -0.15) is 5.10 Å². The molecule has 16 heavy (non-hydrogen) atoms. The third-order valence-corrected chi connectivity index (χ3v) is 3.10. The van der Waals surface area contributed by atoms with Gasteiger partial charge in [0.25, 0.3) is 0 Å². The van der Waals surface area contributed by atoms with Crippen LogP contribution in [-0.2, 0) is 11.8 Å². The largest absolute Gasteiger partial charge is 0.501 e. The highest BCUT2D eigenvalue weighted by Gasteiger charge is 2.06. The average molecular weight is 220 g/mol. The van der Waals surface area contributed by atoms with E-state index in [1.807, 2.05) is 31.0 Å². The van der Waals surface area contributed by atoms with Crippen molar-refractivity contribution in [3.63, 3.8) is 0 Å². The third kappa shape index (κ3) is 2.54. The van der Waals surface area contributed by atoms with Crippen molar-refractivity contribution in [2.45, 2.75) is 27.7 Å². The van der Waals surface area contributed by atoms with Gasteiger partial charge in [0, 0.05) is 18.8 Å². The summed E-state index contributed by atoms with van der Waals surface area (Å²) >= 11 is 0. The Balaban J connectivity index is 3.15. The fourth-order valence-corrected chi connectivity index (χ4v) is 1.53. The molecule has 1 rings (SSSR count). The van der Waals surface area contributed by atoms with Gasteiger partial charge in [-0.15, -0.1) is 0 Å². The van der Waals surface area contributed by atoms with Crippen molar-refractivity contribution in [3.8, 4) is 0 Å². The van der Waals surface area contributed by atoms with Crippen molar-refractivity contribution in [1.29, 1.82) is 0 Å². The smallest absolute Gasteiger partial charge is 0.0956 e. The van der Waals surface area contributed by atoms with Gasteiger partial charge in [-0.25, -0.2) is 0 Å². The van der Waals surface area contributed by atoms with Crippen molar-refractivity contribution < 1.29 is 4.74 Å². The number of methoxy groups -OCH3 is 1.